The molecule has 0 fully saturated rings. The molecule has 0 amide bonds. The second kappa shape index (κ2) is 10.1. The van der Waals surface area contributed by atoms with Gasteiger partial charge in [-0.25, -0.2) is 4.79 Å². The summed E-state index contributed by atoms with van der Waals surface area (Å²) in [4.78, 5) is 11.3. The molecule has 0 bridgehead atoms. The van der Waals surface area contributed by atoms with Gasteiger partial charge in [-0.15, -0.1) is 11.8 Å². The summed E-state index contributed by atoms with van der Waals surface area (Å²) in [5.74, 6) is 5.75. The summed E-state index contributed by atoms with van der Waals surface area (Å²) in [7, 11) is 1.41. The molecule has 0 unspecified atom stereocenters. The molecule has 0 aromatic heterocycles. The molecule has 2 nitrogen and oxygen atoms in total. The first-order chi connectivity index (χ1) is 9.77. The summed E-state index contributed by atoms with van der Waals surface area (Å²) < 4.78 is 4.68. The molecular weight excluding hydrogens is 248 g/mol. The Morgan fingerprint density at radius 3 is 2.35 bits per heavy atom. The number of unbranched alkanes of at least 4 members (excludes halogenated alkanes) is 5. The predicted octanol–water partition coefficient (Wildman–Crippen LogP) is 4.38. The first kappa shape index (κ1) is 16.3. The Balaban J connectivity index is 2.15. The van der Waals surface area contributed by atoms with Crippen LogP contribution in [0.4, 0.5) is 0 Å². The quantitative estimate of drug-likeness (QED) is 0.399. The fourth-order valence-electron chi connectivity index (χ4n) is 2.12. The van der Waals surface area contributed by atoms with Gasteiger partial charge >= 0.3 is 5.97 Å². The number of hydrogen-bond acceptors (Lipinski definition) is 2. The zero-order chi connectivity index (χ0) is 14.6. The molecule has 0 aliphatic rings. The van der Waals surface area contributed by atoms with E-state index in [4.69, 9.17) is 0 Å². The van der Waals surface area contributed by atoms with Crippen LogP contribution in [0, 0.1) is 11.8 Å². The van der Waals surface area contributed by atoms with Gasteiger partial charge in [-0.1, -0.05) is 31.4 Å². The molecular formula is C18H24O2. The second-order valence-corrected chi connectivity index (χ2v) is 4.88. The minimum atomic E-state index is -0.272. The third-order valence-corrected chi connectivity index (χ3v) is 3.32. The van der Waals surface area contributed by atoms with E-state index in [9.17, 15) is 4.79 Å². The number of rotatable bonds is 8. The maximum Gasteiger partial charge on any atom is 0.337 e. The van der Waals surface area contributed by atoms with Crippen LogP contribution in [-0.4, -0.2) is 13.1 Å². The monoisotopic (exact) mass is 272 g/mol. The number of hydrogen-bond donors (Lipinski definition) is 0. The normalized spacial score (nSPS) is 9.70. The van der Waals surface area contributed by atoms with E-state index in [-0.39, 0.29) is 5.97 Å². The number of carbonyl (C=O) groups excluding carboxylic acids is 1. The van der Waals surface area contributed by atoms with E-state index in [0.29, 0.717) is 5.56 Å². The van der Waals surface area contributed by atoms with Crippen LogP contribution in [0.25, 0.3) is 0 Å². The first-order valence-corrected chi connectivity index (χ1v) is 7.34. The van der Waals surface area contributed by atoms with Gasteiger partial charge in [-0.3, -0.25) is 0 Å². The Hall–Kier alpha value is -1.75. The second-order valence-electron chi connectivity index (χ2n) is 4.88. The SMILES string of the molecule is CC#CCCCCCCCc1ccc(C(=O)OC)cc1. The predicted molar refractivity (Wildman–Crippen MR) is 82.6 cm³/mol. The van der Waals surface area contributed by atoms with Crippen molar-refractivity contribution >= 4 is 5.97 Å². The highest BCUT2D eigenvalue weighted by molar-refractivity contribution is 5.89. The molecule has 108 valence electrons. The van der Waals surface area contributed by atoms with Crippen molar-refractivity contribution in [1.29, 1.82) is 0 Å². The molecule has 0 radical (unpaired) electrons. The molecule has 1 rings (SSSR count). The Morgan fingerprint density at radius 2 is 1.70 bits per heavy atom. The molecule has 2 heteroatoms. The Labute approximate surface area is 122 Å². The maximum absolute atomic E-state index is 11.3. The smallest absolute Gasteiger partial charge is 0.337 e. The Kier molecular flexibility index (Phi) is 8.22. The summed E-state index contributed by atoms with van der Waals surface area (Å²) in [5, 5.41) is 0. The van der Waals surface area contributed by atoms with Crippen molar-refractivity contribution in [2.45, 2.75) is 51.9 Å². The van der Waals surface area contributed by atoms with Crippen molar-refractivity contribution in [2.75, 3.05) is 7.11 Å². The van der Waals surface area contributed by atoms with Crippen molar-refractivity contribution in [3.8, 4) is 11.8 Å². The van der Waals surface area contributed by atoms with Gasteiger partial charge in [0.2, 0.25) is 0 Å². The number of esters is 1. The van der Waals surface area contributed by atoms with Crippen molar-refractivity contribution in [3.63, 3.8) is 0 Å². The summed E-state index contributed by atoms with van der Waals surface area (Å²) in [5.41, 5.74) is 1.91. The Morgan fingerprint density at radius 1 is 1.05 bits per heavy atom. The highest BCUT2D eigenvalue weighted by Crippen LogP contribution is 2.11. The number of methoxy groups -OCH3 is 1. The van der Waals surface area contributed by atoms with Crippen LogP contribution < -0.4 is 0 Å². The van der Waals surface area contributed by atoms with E-state index in [0.717, 1.165) is 12.8 Å². The summed E-state index contributed by atoms with van der Waals surface area (Å²) in [6.45, 7) is 1.89. The lowest BCUT2D eigenvalue weighted by Gasteiger charge is -2.03. The van der Waals surface area contributed by atoms with Gasteiger partial charge in [-0.05, 0) is 43.9 Å². The molecule has 0 N–H and O–H groups in total. The number of benzene rings is 1. The van der Waals surface area contributed by atoms with E-state index in [2.05, 4.69) is 16.6 Å². The van der Waals surface area contributed by atoms with Crippen LogP contribution in [0.2, 0.25) is 0 Å². The van der Waals surface area contributed by atoms with Crippen LogP contribution in [-0.2, 0) is 11.2 Å². The number of ether oxygens (including phenoxy) is 1. The van der Waals surface area contributed by atoms with Gasteiger partial charge in [0, 0.05) is 6.42 Å². The van der Waals surface area contributed by atoms with E-state index in [1.165, 1.54) is 44.8 Å². The van der Waals surface area contributed by atoms with Gasteiger partial charge in [0.15, 0.2) is 0 Å². The van der Waals surface area contributed by atoms with E-state index in [1.54, 1.807) is 0 Å². The zero-order valence-corrected chi connectivity index (χ0v) is 12.6. The lowest BCUT2D eigenvalue weighted by Crippen LogP contribution is -2.00. The average molecular weight is 272 g/mol. The topological polar surface area (TPSA) is 26.3 Å². The molecule has 0 saturated heterocycles. The highest BCUT2D eigenvalue weighted by Gasteiger charge is 2.03. The number of aryl methyl sites for hydroxylation is 1. The molecule has 0 aliphatic carbocycles. The molecule has 0 spiro atoms. The third-order valence-electron chi connectivity index (χ3n) is 3.32. The molecule has 1 aromatic rings. The molecule has 0 saturated carbocycles. The van der Waals surface area contributed by atoms with Crippen LogP contribution in [0.1, 0.15) is 61.4 Å². The average Bonchev–Trinajstić information content (AvgIpc) is 2.50. The molecule has 1 aromatic carbocycles. The zero-order valence-electron chi connectivity index (χ0n) is 12.6. The molecule has 20 heavy (non-hydrogen) atoms. The van der Waals surface area contributed by atoms with Gasteiger partial charge in [0.05, 0.1) is 12.7 Å². The van der Waals surface area contributed by atoms with Crippen molar-refractivity contribution in [3.05, 3.63) is 35.4 Å². The van der Waals surface area contributed by atoms with Gasteiger partial charge in [0.25, 0.3) is 0 Å². The van der Waals surface area contributed by atoms with Gasteiger partial charge < -0.3 is 4.74 Å². The fraction of sp³-hybridized carbons (Fsp3) is 0.500. The molecule has 0 heterocycles. The van der Waals surface area contributed by atoms with E-state index < -0.39 is 0 Å². The maximum atomic E-state index is 11.3. The van der Waals surface area contributed by atoms with Crippen molar-refractivity contribution in [2.24, 2.45) is 0 Å². The highest BCUT2D eigenvalue weighted by atomic mass is 16.5. The van der Waals surface area contributed by atoms with Crippen molar-refractivity contribution < 1.29 is 9.53 Å². The van der Waals surface area contributed by atoms with Gasteiger partial charge in [0.1, 0.15) is 0 Å². The Bertz CT molecular complexity index is 449. The van der Waals surface area contributed by atoms with E-state index in [1.807, 2.05) is 31.2 Å². The summed E-state index contributed by atoms with van der Waals surface area (Å²) >= 11 is 0. The molecule has 0 aliphatic heterocycles. The van der Waals surface area contributed by atoms with Crippen LogP contribution in [0.5, 0.6) is 0 Å². The minimum absolute atomic E-state index is 0.272. The first-order valence-electron chi connectivity index (χ1n) is 7.34. The summed E-state index contributed by atoms with van der Waals surface area (Å²) in [6, 6.07) is 7.71. The minimum Gasteiger partial charge on any atom is -0.465 e. The third kappa shape index (κ3) is 6.43. The standard InChI is InChI=1S/C18H24O2/c1-3-4-5-6-7-8-9-10-11-16-12-14-17(15-13-16)18(19)20-2/h12-15H,5-11H2,1-2H3. The fourth-order valence-corrected chi connectivity index (χ4v) is 2.12. The van der Waals surface area contributed by atoms with Crippen LogP contribution >= 0.6 is 0 Å². The molecule has 0 atom stereocenters. The van der Waals surface area contributed by atoms with Gasteiger partial charge in [-0.2, -0.15) is 0 Å². The van der Waals surface area contributed by atoms with E-state index >= 15 is 0 Å². The largest absolute Gasteiger partial charge is 0.465 e. The van der Waals surface area contributed by atoms with Crippen molar-refractivity contribution in [1.82, 2.24) is 0 Å². The van der Waals surface area contributed by atoms with Crippen LogP contribution in [0.3, 0.4) is 0 Å². The number of carbonyl (C=O) groups is 1. The lowest BCUT2D eigenvalue weighted by molar-refractivity contribution is 0.0600. The lowest BCUT2D eigenvalue weighted by atomic mass is 10.0. The van der Waals surface area contributed by atoms with Crippen LogP contribution in [0.15, 0.2) is 24.3 Å². The summed E-state index contributed by atoms with van der Waals surface area (Å²) in [6.07, 6.45) is 8.35.